The number of hydrogen-bond acceptors (Lipinski definition) is 7. The van der Waals surface area contributed by atoms with Crippen LogP contribution in [0.15, 0.2) is 97.2 Å². The van der Waals surface area contributed by atoms with Gasteiger partial charge in [-0.25, -0.2) is 4.57 Å². The molecule has 76 heavy (non-hydrogen) atoms. The van der Waals surface area contributed by atoms with Crippen LogP contribution in [0.3, 0.4) is 0 Å². The lowest BCUT2D eigenvalue weighted by Crippen LogP contribution is -2.37. The zero-order valence-electron chi connectivity index (χ0n) is 49.7. The maximum Gasteiger partial charge on any atom is 0.472 e. The van der Waals surface area contributed by atoms with E-state index in [-0.39, 0.29) is 26.1 Å². The van der Waals surface area contributed by atoms with Crippen LogP contribution in [0.25, 0.3) is 0 Å². The van der Waals surface area contributed by atoms with Crippen molar-refractivity contribution >= 4 is 19.8 Å². The van der Waals surface area contributed by atoms with E-state index in [0.29, 0.717) is 17.4 Å². The van der Waals surface area contributed by atoms with Crippen LogP contribution in [0.2, 0.25) is 0 Å². The molecule has 10 heteroatoms. The largest absolute Gasteiger partial charge is 0.472 e. The van der Waals surface area contributed by atoms with Gasteiger partial charge in [-0.15, -0.1) is 0 Å². The lowest BCUT2D eigenvalue weighted by atomic mass is 10.0. The van der Waals surface area contributed by atoms with Crippen LogP contribution in [0.4, 0.5) is 0 Å². The molecule has 0 aliphatic rings. The maximum absolute atomic E-state index is 12.7. The van der Waals surface area contributed by atoms with Crippen molar-refractivity contribution in [2.45, 2.75) is 264 Å². The molecule has 438 valence electrons. The van der Waals surface area contributed by atoms with Crippen LogP contribution in [0.1, 0.15) is 258 Å². The SMILES string of the molecule is CC/C=C\C/C=C\C/C=C\C/C=C\C/C=C\CC(=O)OC(COC(=O)CCCCCCCCCCCCCCCCCCCCCCCC/C=C\C/C=C\C/C=C\CCCCCCC)COP(=O)(O)OCC[N+](C)(C)C. The van der Waals surface area contributed by atoms with E-state index in [1.165, 1.54) is 167 Å². The molecule has 0 saturated carbocycles. The molecule has 0 spiro atoms. The molecule has 0 bridgehead atoms. The molecule has 0 aromatic carbocycles. The fourth-order valence-electron chi connectivity index (χ4n) is 8.39. The smallest absolute Gasteiger partial charge is 0.462 e. The number of likely N-dealkylation sites (N-methyl/N-ethyl adjacent to an activating group) is 1. The number of ether oxygens (including phenoxy) is 2. The van der Waals surface area contributed by atoms with Crippen LogP contribution in [-0.2, 0) is 32.7 Å². The molecular formula is C66H117NO8P+. The summed E-state index contributed by atoms with van der Waals surface area (Å²) in [4.78, 5) is 35.6. The van der Waals surface area contributed by atoms with E-state index in [2.05, 4.69) is 92.8 Å². The summed E-state index contributed by atoms with van der Waals surface area (Å²) in [5, 5.41) is 0. The molecule has 0 radical (unpaired) electrons. The number of phosphoric acid groups is 1. The van der Waals surface area contributed by atoms with E-state index < -0.39 is 32.5 Å². The van der Waals surface area contributed by atoms with Gasteiger partial charge in [-0.1, -0.05) is 265 Å². The van der Waals surface area contributed by atoms with Crippen molar-refractivity contribution in [1.82, 2.24) is 0 Å². The van der Waals surface area contributed by atoms with Gasteiger partial charge in [0.2, 0.25) is 0 Å². The van der Waals surface area contributed by atoms with Crippen molar-refractivity contribution in [3.8, 4) is 0 Å². The summed E-state index contributed by atoms with van der Waals surface area (Å²) in [6.45, 7) is 4.20. The molecule has 0 rings (SSSR count). The average molecular weight is 1080 g/mol. The molecule has 2 unspecified atom stereocenters. The van der Waals surface area contributed by atoms with Crippen molar-refractivity contribution in [3.63, 3.8) is 0 Å². The Balaban J connectivity index is 3.99. The first-order valence-corrected chi connectivity index (χ1v) is 32.5. The Morgan fingerprint density at radius 3 is 1.18 bits per heavy atom. The summed E-state index contributed by atoms with van der Waals surface area (Å²) in [5.41, 5.74) is 0. The van der Waals surface area contributed by atoms with Crippen LogP contribution in [-0.4, -0.2) is 74.9 Å². The molecule has 0 amide bonds. The number of carbonyl (C=O) groups is 2. The molecule has 0 aliphatic heterocycles. The summed E-state index contributed by atoms with van der Waals surface area (Å²) in [6.07, 6.45) is 78.4. The van der Waals surface area contributed by atoms with Crippen LogP contribution >= 0.6 is 7.82 Å². The molecule has 2 atom stereocenters. The standard InChI is InChI=1S/C66H116NO8P/c1-6-8-10-12-14-16-18-20-22-23-24-25-26-27-28-29-30-31-32-33-34-35-36-37-38-39-40-41-42-43-45-46-48-50-52-54-56-58-65(68)72-62-64(63-74-76(70,71)73-61-60-67(3,4)5)75-66(69)59-57-55-53-51-49-47-44-21-19-17-15-13-11-9-7-2/h9,11,15,17-18,20-21,23-24,26-27,44,49,51,55,57,64H,6-8,10,12-14,16,19,22,25,28-43,45-48,50,52-54,56,58-63H2,1-5H3/p+1/b11-9-,17-15-,20-18-,24-23-,27-26-,44-21-,51-49-,57-55-. The first-order valence-electron chi connectivity index (χ1n) is 31.0. The fraction of sp³-hybridized carbons (Fsp3) is 0.727. The second-order valence-corrected chi connectivity index (χ2v) is 23.2. The highest BCUT2D eigenvalue weighted by Gasteiger charge is 2.27. The number of hydrogen-bond donors (Lipinski definition) is 1. The van der Waals surface area contributed by atoms with E-state index >= 15 is 0 Å². The molecule has 0 saturated heterocycles. The second-order valence-electron chi connectivity index (χ2n) is 21.7. The topological polar surface area (TPSA) is 108 Å². The molecule has 9 nitrogen and oxygen atoms in total. The Labute approximate surface area is 468 Å². The van der Waals surface area contributed by atoms with Gasteiger partial charge in [-0.2, -0.15) is 0 Å². The summed E-state index contributed by atoms with van der Waals surface area (Å²) in [6, 6.07) is 0. The van der Waals surface area contributed by atoms with Crippen molar-refractivity contribution in [2.75, 3.05) is 47.5 Å². The van der Waals surface area contributed by atoms with Gasteiger partial charge in [0.25, 0.3) is 0 Å². The number of allylic oxidation sites excluding steroid dienone is 15. The van der Waals surface area contributed by atoms with Gasteiger partial charge in [-0.05, 0) is 77.0 Å². The number of unbranched alkanes of at least 4 members (excludes halogenated alkanes) is 27. The third-order valence-corrected chi connectivity index (χ3v) is 14.1. The van der Waals surface area contributed by atoms with Crippen LogP contribution in [0.5, 0.6) is 0 Å². The molecular weight excluding hydrogens is 966 g/mol. The summed E-state index contributed by atoms with van der Waals surface area (Å²) < 4.78 is 34.4. The number of phosphoric ester groups is 1. The molecule has 0 heterocycles. The van der Waals surface area contributed by atoms with Gasteiger partial charge in [0.15, 0.2) is 6.10 Å². The van der Waals surface area contributed by atoms with Crippen molar-refractivity contribution in [1.29, 1.82) is 0 Å². The minimum absolute atomic E-state index is 0.00603. The van der Waals surface area contributed by atoms with E-state index in [4.69, 9.17) is 18.5 Å². The first-order chi connectivity index (χ1) is 37.0. The fourth-order valence-corrected chi connectivity index (χ4v) is 9.14. The molecule has 1 N–H and O–H groups in total. The molecule has 0 fully saturated rings. The molecule has 0 aliphatic carbocycles. The van der Waals surface area contributed by atoms with Gasteiger partial charge in [0, 0.05) is 6.42 Å². The van der Waals surface area contributed by atoms with E-state index in [1.807, 2.05) is 33.3 Å². The van der Waals surface area contributed by atoms with Crippen LogP contribution in [0, 0.1) is 0 Å². The maximum atomic E-state index is 12.7. The van der Waals surface area contributed by atoms with Crippen LogP contribution < -0.4 is 0 Å². The number of quaternary nitrogens is 1. The third-order valence-electron chi connectivity index (χ3n) is 13.1. The zero-order chi connectivity index (χ0) is 55.6. The summed E-state index contributed by atoms with van der Waals surface area (Å²) in [5.74, 6) is -0.943. The molecule has 0 aromatic heterocycles. The molecule has 0 aromatic rings. The minimum atomic E-state index is -4.41. The zero-order valence-corrected chi connectivity index (χ0v) is 50.6. The van der Waals surface area contributed by atoms with Gasteiger partial charge >= 0.3 is 19.8 Å². The number of nitrogens with zero attached hydrogens (tertiary/aromatic N) is 1. The predicted molar refractivity (Wildman–Crippen MR) is 325 cm³/mol. The Kier molecular flexibility index (Phi) is 54.4. The number of esters is 2. The van der Waals surface area contributed by atoms with E-state index in [0.717, 1.165) is 57.8 Å². The quantitative estimate of drug-likeness (QED) is 0.0211. The Morgan fingerprint density at radius 1 is 0.434 bits per heavy atom. The Bertz CT molecular complexity index is 1600. The van der Waals surface area contributed by atoms with E-state index in [9.17, 15) is 19.0 Å². The van der Waals surface area contributed by atoms with E-state index in [1.54, 1.807) is 6.08 Å². The highest BCUT2D eigenvalue weighted by atomic mass is 31.2. The van der Waals surface area contributed by atoms with Gasteiger partial charge in [0.1, 0.15) is 19.8 Å². The average Bonchev–Trinajstić information content (AvgIpc) is 3.38. The van der Waals surface area contributed by atoms with Crippen molar-refractivity contribution in [2.24, 2.45) is 0 Å². The second kappa shape index (κ2) is 56.6. The van der Waals surface area contributed by atoms with Crippen molar-refractivity contribution in [3.05, 3.63) is 97.2 Å². The first kappa shape index (κ1) is 72.9. The normalized spacial score (nSPS) is 13.9. The van der Waals surface area contributed by atoms with Gasteiger partial charge < -0.3 is 18.9 Å². The summed E-state index contributed by atoms with van der Waals surface area (Å²) >= 11 is 0. The Morgan fingerprint density at radius 2 is 0.789 bits per heavy atom. The highest BCUT2D eigenvalue weighted by Crippen LogP contribution is 2.43. The lowest BCUT2D eigenvalue weighted by Gasteiger charge is -2.24. The summed E-state index contributed by atoms with van der Waals surface area (Å²) in [7, 11) is 1.42. The third kappa shape index (κ3) is 60.2. The van der Waals surface area contributed by atoms with Crippen molar-refractivity contribution < 1.29 is 42.1 Å². The number of carbonyl (C=O) groups excluding carboxylic acids is 2. The minimum Gasteiger partial charge on any atom is -0.462 e. The number of rotatable bonds is 56. The predicted octanol–water partition coefficient (Wildman–Crippen LogP) is 19.6. The lowest BCUT2D eigenvalue weighted by molar-refractivity contribution is -0.870. The monoisotopic (exact) mass is 1080 g/mol. The highest BCUT2D eigenvalue weighted by molar-refractivity contribution is 7.47. The van der Waals surface area contributed by atoms with Gasteiger partial charge in [0.05, 0.1) is 34.2 Å². The van der Waals surface area contributed by atoms with Gasteiger partial charge in [-0.3, -0.25) is 18.6 Å². The Hall–Kier alpha value is -3.07.